The van der Waals surface area contributed by atoms with E-state index in [4.69, 9.17) is 5.11 Å². The highest BCUT2D eigenvalue weighted by Crippen LogP contribution is 2.25. The van der Waals surface area contributed by atoms with E-state index in [-0.39, 0.29) is 5.56 Å². The number of sulfonamides is 1. The molecule has 1 aliphatic heterocycles. The van der Waals surface area contributed by atoms with Gasteiger partial charge >= 0.3 is 5.97 Å². The molecule has 6 nitrogen and oxygen atoms in total. The zero-order valence-corrected chi connectivity index (χ0v) is 13.3. The van der Waals surface area contributed by atoms with Crippen LogP contribution in [-0.2, 0) is 10.0 Å². The van der Waals surface area contributed by atoms with Gasteiger partial charge in [0.25, 0.3) is 0 Å². The van der Waals surface area contributed by atoms with Crippen molar-refractivity contribution in [2.75, 3.05) is 37.3 Å². The minimum atomic E-state index is -3.14. The van der Waals surface area contributed by atoms with Crippen molar-refractivity contribution in [3.63, 3.8) is 0 Å². The van der Waals surface area contributed by atoms with Crippen molar-refractivity contribution in [3.05, 3.63) is 28.2 Å². The van der Waals surface area contributed by atoms with Crippen molar-refractivity contribution < 1.29 is 18.3 Å². The molecule has 8 heteroatoms. The molecule has 0 amide bonds. The first-order chi connectivity index (χ1) is 9.29. The Hall–Kier alpha value is -1.12. The molecule has 2 rings (SSSR count). The van der Waals surface area contributed by atoms with Crippen molar-refractivity contribution in [2.45, 2.75) is 0 Å². The Morgan fingerprint density at radius 3 is 2.30 bits per heavy atom. The SMILES string of the molecule is CS(=O)(=O)N1CCN(c2ccc(C(=O)O)c(Br)c2)CC1. The topological polar surface area (TPSA) is 77.9 Å². The summed E-state index contributed by atoms with van der Waals surface area (Å²) in [7, 11) is -3.14. The van der Waals surface area contributed by atoms with Crippen molar-refractivity contribution in [3.8, 4) is 0 Å². The molecule has 1 heterocycles. The second-order valence-electron chi connectivity index (χ2n) is 4.62. The molecule has 1 saturated heterocycles. The molecule has 0 spiro atoms. The number of piperazine rings is 1. The van der Waals surface area contributed by atoms with Gasteiger partial charge in [-0.25, -0.2) is 13.2 Å². The zero-order chi connectivity index (χ0) is 14.9. The van der Waals surface area contributed by atoms with E-state index in [0.29, 0.717) is 30.7 Å². The van der Waals surface area contributed by atoms with Gasteiger partial charge in [-0.1, -0.05) is 0 Å². The van der Waals surface area contributed by atoms with Crippen LogP contribution >= 0.6 is 15.9 Å². The number of nitrogens with zero attached hydrogens (tertiary/aromatic N) is 2. The third-order valence-corrected chi connectivity index (χ3v) is 5.22. The number of hydrogen-bond acceptors (Lipinski definition) is 4. The summed E-state index contributed by atoms with van der Waals surface area (Å²) in [6.07, 6.45) is 1.21. The third kappa shape index (κ3) is 3.31. The smallest absolute Gasteiger partial charge is 0.336 e. The van der Waals surface area contributed by atoms with Crippen LogP contribution in [0.3, 0.4) is 0 Å². The van der Waals surface area contributed by atoms with Crippen LogP contribution in [0.4, 0.5) is 5.69 Å². The van der Waals surface area contributed by atoms with Gasteiger partial charge in [0.05, 0.1) is 11.8 Å². The van der Waals surface area contributed by atoms with E-state index in [1.165, 1.54) is 10.6 Å². The first-order valence-electron chi connectivity index (χ1n) is 6.02. The van der Waals surface area contributed by atoms with Gasteiger partial charge in [0.1, 0.15) is 0 Å². The predicted octanol–water partition coefficient (Wildman–Crippen LogP) is 1.23. The number of carbonyl (C=O) groups is 1. The first-order valence-corrected chi connectivity index (χ1v) is 8.66. The largest absolute Gasteiger partial charge is 0.478 e. The summed E-state index contributed by atoms with van der Waals surface area (Å²) in [6, 6.07) is 5.04. The van der Waals surface area contributed by atoms with Gasteiger partial charge in [-0.2, -0.15) is 4.31 Å². The lowest BCUT2D eigenvalue weighted by Gasteiger charge is -2.34. The van der Waals surface area contributed by atoms with E-state index in [2.05, 4.69) is 15.9 Å². The summed E-state index contributed by atoms with van der Waals surface area (Å²) >= 11 is 3.24. The standard InChI is InChI=1S/C12H15BrN2O4S/c1-20(18,19)15-6-4-14(5-7-15)9-2-3-10(12(16)17)11(13)8-9/h2-3,8H,4-7H2,1H3,(H,16,17). The van der Waals surface area contributed by atoms with Crippen LogP contribution in [0.1, 0.15) is 10.4 Å². The number of rotatable bonds is 3. The Morgan fingerprint density at radius 2 is 1.85 bits per heavy atom. The molecule has 0 aromatic heterocycles. The highest BCUT2D eigenvalue weighted by molar-refractivity contribution is 9.10. The fourth-order valence-corrected chi connectivity index (χ4v) is 3.51. The summed E-state index contributed by atoms with van der Waals surface area (Å²) < 4.78 is 24.8. The molecule has 0 aliphatic carbocycles. The second-order valence-corrected chi connectivity index (χ2v) is 7.46. The van der Waals surface area contributed by atoms with Crippen LogP contribution in [0.15, 0.2) is 22.7 Å². The Morgan fingerprint density at radius 1 is 1.25 bits per heavy atom. The van der Waals surface area contributed by atoms with Crippen LogP contribution < -0.4 is 4.90 Å². The first kappa shape index (κ1) is 15.3. The molecule has 110 valence electrons. The Labute approximate surface area is 126 Å². The van der Waals surface area contributed by atoms with Gasteiger partial charge in [-0.05, 0) is 34.1 Å². The summed E-state index contributed by atoms with van der Waals surface area (Å²) in [5.74, 6) is -0.981. The average Bonchev–Trinajstić information content (AvgIpc) is 2.37. The van der Waals surface area contributed by atoms with E-state index in [1.807, 2.05) is 4.90 Å². The molecular formula is C12H15BrN2O4S. The Bertz CT molecular complexity index is 624. The highest BCUT2D eigenvalue weighted by Gasteiger charge is 2.23. The molecule has 0 unspecified atom stereocenters. The van der Waals surface area contributed by atoms with Crippen LogP contribution in [0.5, 0.6) is 0 Å². The Balaban J connectivity index is 2.11. The summed E-state index contributed by atoms with van der Waals surface area (Å²) in [5, 5.41) is 8.97. The van der Waals surface area contributed by atoms with Crippen molar-refractivity contribution in [1.29, 1.82) is 0 Å². The molecule has 0 bridgehead atoms. The number of benzene rings is 1. The van der Waals surface area contributed by atoms with Crippen molar-refractivity contribution >= 4 is 37.6 Å². The molecule has 1 fully saturated rings. The van der Waals surface area contributed by atoms with Crippen LogP contribution in [0.2, 0.25) is 0 Å². The molecule has 0 saturated carbocycles. The van der Waals surface area contributed by atoms with Gasteiger partial charge in [0, 0.05) is 36.3 Å². The third-order valence-electron chi connectivity index (χ3n) is 3.26. The maximum atomic E-state index is 11.4. The van der Waals surface area contributed by atoms with Gasteiger partial charge in [-0.15, -0.1) is 0 Å². The molecule has 1 aliphatic rings. The van der Waals surface area contributed by atoms with Gasteiger partial charge in [0.15, 0.2) is 0 Å². The van der Waals surface area contributed by atoms with Gasteiger partial charge in [0.2, 0.25) is 10.0 Å². The van der Waals surface area contributed by atoms with Crippen molar-refractivity contribution in [2.24, 2.45) is 0 Å². The van der Waals surface area contributed by atoms with E-state index >= 15 is 0 Å². The quantitative estimate of drug-likeness (QED) is 0.874. The van der Waals surface area contributed by atoms with Crippen molar-refractivity contribution in [1.82, 2.24) is 4.31 Å². The molecule has 0 radical (unpaired) electrons. The summed E-state index contributed by atoms with van der Waals surface area (Å²) in [5.41, 5.74) is 1.10. The van der Waals surface area contributed by atoms with Crippen LogP contribution in [0, 0.1) is 0 Å². The summed E-state index contributed by atoms with van der Waals surface area (Å²) in [6.45, 7) is 2.06. The van der Waals surface area contributed by atoms with Crippen LogP contribution in [0.25, 0.3) is 0 Å². The lowest BCUT2D eigenvalue weighted by molar-refractivity contribution is 0.0696. The number of hydrogen-bond donors (Lipinski definition) is 1. The molecule has 0 atom stereocenters. The van der Waals surface area contributed by atoms with E-state index in [1.54, 1.807) is 18.2 Å². The number of carboxylic acid groups (broad SMARTS) is 1. The van der Waals surface area contributed by atoms with E-state index in [9.17, 15) is 13.2 Å². The number of anilines is 1. The minimum Gasteiger partial charge on any atom is -0.478 e. The number of carboxylic acids is 1. The molecule has 1 N–H and O–H groups in total. The fourth-order valence-electron chi connectivity index (χ4n) is 2.15. The number of halogens is 1. The second kappa shape index (κ2) is 5.71. The lowest BCUT2D eigenvalue weighted by Crippen LogP contribution is -2.48. The summed E-state index contributed by atoms with van der Waals surface area (Å²) in [4.78, 5) is 13.0. The fraction of sp³-hybridized carbons (Fsp3) is 0.417. The molecule has 1 aromatic rings. The van der Waals surface area contributed by atoms with Crippen LogP contribution in [-0.4, -0.2) is 56.2 Å². The molecule has 20 heavy (non-hydrogen) atoms. The highest BCUT2D eigenvalue weighted by atomic mass is 79.9. The average molecular weight is 363 g/mol. The zero-order valence-electron chi connectivity index (χ0n) is 10.9. The Kier molecular flexibility index (Phi) is 4.36. The predicted molar refractivity (Wildman–Crippen MR) is 79.7 cm³/mol. The maximum absolute atomic E-state index is 11.4. The normalized spacial score (nSPS) is 17.2. The maximum Gasteiger partial charge on any atom is 0.336 e. The minimum absolute atomic E-state index is 0.212. The molecule has 1 aromatic carbocycles. The van der Waals surface area contributed by atoms with E-state index < -0.39 is 16.0 Å². The lowest BCUT2D eigenvalue weighted by atomic mass is 10.2. The van der Waals surface area contributed by atoms with E-state index in [0.717, 1.165) is 5.69 Å². The van der Waals surface area contributed by atoms with Gasteiger partial charge in [-0.3, -0.25) is 0 Å². The molecular weight excluding hydrogens is 348 g/mol. The van der Waals surface area contributed by atoms with Gasteiger partial charge < -0.3 is 10.0 Å². The monoisotopic (exact) mass is 362 g/mol. The number of aromatic carboxylic acids is 1.